The van der Waals surface area contributed by atoms with Crippen LogP contribution < -0.4 is 0 Å². The second-order valence-electron chi connectivity index (χ2n) is 14.3. The van der Waals surface area contributed by atoms with Gasteiger partial charge in [-0.25, -0.2) is 4.79 Å². The zero-order valence-electron chi connectivity index (χ0n) is 29.3. The van der Waals surface area contributed by atoms with Crippen LogP contribution in [0, 0.1) is 22.7 Å². The number of Topliss-reactive ketones (excluding diaryl/α,β-unsaturated/α-hetero) is 1. The Hall–Kier alpha value is -4.36. The van der Waals surface area contributed by atoms with Gasteiger partial charge in [0.1, 0.15) is 23.9 Å². The Bertz CT molecular complexity index is 1630. The highest BCUT2D eigenvalue weighted by molar-refractivity contribution is 5.91. The van der Waals surface area contributed by atoms with Crippen LogP contribution in [0.5, 0.6) is 0 Å². The number of carbonyl (C=O) groups excluding carboxylic acids is 6. The van der Waals surface area contributed by atoms with Gasteiger partial charge in [0.05, 0.1) is 12.0 Å². The van der Waals surface area contributed by atoms with Crippen LogP contribution >= 0.6 is 0 Å². The number of hydrogen-bond donors (Lipinski definition) is 1. The number of hydrogen-bond acceptors (Lipinski definition) is 13. The van der Waals surface area contributed by atoms with E-state index >= 15 is 0 Å². The van der Waals surface area contributed by atoms with Gasteiger partial charge in [-0.2, -0.15) is 0 Å². The SMILES string of the molecule is C=C1C(OC(=O)C=Cc2ccccc2)CC(OC(C)=O)C2(C)C(OC(C)=O)C(OC(C)=O)C3(O)C4(C)OCC3(C)C(CC4=O)C(OC(C)=O)C12. The molecule has 1 N–H and O–H groups in total. The number of ketones is 1. The summed E-state index contributed by atoms with van der Waals surface area (Å²) >= 11 is 0. The molecule has 13 nitrogen and oxygen atoms in total. The summed E-state index contributed by atoms with van der Waals surface area (Å²) in [5.74, 6) is -6.69. The Labute approximate surface area is 290 Å². The standard InChI is InChI=1S/C37H44O13/c1-19-26(50-29(43)15-14-24-12-10-9-11-13-24)17-28(46-20(2)38)35(7)30(19)31(47-21(3)39)25-16-27(42)36(8)37(44,34(25,6)18-45-36)33(49-23(5)41)32(35)48-22(4)40/h9-15,25-26,28,30-33,44H,1,16-18H2,2-8H3. The fourth-order valence-electron chi connectivity index (χ4n) is 8.98. The summed E-state index contributed by atoms with van der Waals surface area (Å²) in [6.07, 6.45) is -4.76. The predicted octanol–water partition coefficient (Wildman–Crippen LogP) is 3.05. The molecule has 1 aliphatic heterocycles. The first-order valence-corrected chi connectivity index (χ1v) is 16.5. The van der Waals surface area contributed by atoms with Crippen LogP contribution in [-0.2, 0) is 57.2 Å². The lowest BCUT2D eigenvalue weighted by Crippen LogP contribution is -2.80. The van der Waals surface area contributed by atoms with E-state index in [2.05, 4.69) is 6.58 Å². The quantitative estimate of drug-likeness (QED) is 0.191. The molecule has 1 saturated heterocycles. The molecule has 1 aromatic rings. The maximum absolute atomic E-state index is 14.1. The highest BCUT2D eigenvalue weighted by Gasteiger charge is 2.82. The van der Waals surface area contributed by atoms with E-state index in [0.717, 1.165) is 19.4 Å². The average molecular weight is 697 g/mol. The van der Waals surface area contributed by atoms with Crippen LogP contribution in [0.3, 0.4) is 0 Å². The third-order valence-corrected chi connectivity index (χ3v) is 11.3. The molecular weight excluding hydrogens is 652 g/mol. The molecule has 0 radical (unpaired) electrons. The second-order valence-corrected chi connectivity index (χ2v) is 14.3. The fraction of sp³-hybridized carbons (Fsp3) is 0.568. The van der Waals surface area contributed by atoms with Crippen LogP contribution in [0.2, 0.25) is 0 Å². The molecule has 3 saturated carbocycles. The van der Waals surface area contributed by atoms with Gasteiger partial charge in [0.15, 0.2) is 23.6 Å². The van der Waals surface area contributed by atoms with Crippen LogP contribution in [-0.4, -0.2) is 89.1 Å². The molecule has 4 bridgehead atoms. The Morgan fingerprint density at radius 2 is 1.44 bits per heavy atom. The summed E-state index contributed by atoms with van der Waals surface area (Å²) < 4.78 is 35.9. The minimum absolute atomic E-state index is 0.194. The van der Waals surface area contributed by atoms with E-state index in [4.69, 9.17) is 28.4 Å². The Kier molecular flexibility index (Phi) is 9.65. The number of fused-ring (bicyclic) bond motifs is 1. The van der Waals surface area contributed by atoms with Crippen molar-refractivity contribution in [1.82, 2.24) is 0 Å². The van der Waals surface area contributed by atoms with E-state index < -0.39 is 100 Å². The van der Waals surface area contributed by atoms with Gasteiger partial charge >= 0.3 is 29.8 Å². The smallest absolute Gasteiger partial charge is 0.331 e. The lowest BCUT2D eigenvalue weighted by molar-refractivity contribution is -0.295. The van der Waals surface area contributed by atoms with Gasteiger partial charge in [-0.05, 0) is 24.1 Å². The summed E-state index contributed by atoms with van der Waals surface area (Å²) in [6, 6.07) is 9.03. The summed E-state index contributed by atoms with van der Waals surface area (Å²) in [5, 5.41) is 13.0. The average Bonchev–Trinajstić information content (AvgIpc) is 3.17. The molecule has 0 amide bonds. The van der Waals surface area contributed by atoms with Crippen molar-refractivity contribution < 1.29 is 62.3 Å². The van der Waals surface area contributed by atoms with Crippen LogP contribution in [0.4, 0.5) is 0 Å². The molecule has 0 aromatic heterocycles. The third kappa shape index (κ3) is 5.73. The van der Waals surface area contributed by atoms with Gasteiger partial charge in [-0.15, -0.1) is 0 Å². The highest BCUT2D eigenvalue weighted by Crippen LogP contribution is 2.67. The van der Waals surface area contributed by atoms with E-state index in [1.807, 2.05) is 6.07 Å². The van der Waals surface area contributed by atoms with Crippen molar-refractivity contribution in [3.8, 4) is 0 Å². The molecule has 1 aromatic carbocycles. The number of carbonyl (C=O) groups is 6. The van der Waals surface area contributed by atoms with Crippen molar-refractivity contribution >= 4 is 41.7 Å². The highest BCUT2D eigenvalue weighted by atomic mass is 16.6. The van der Waals surface area contributed by atoms with Crippen molar-refractivity contribution in [2.75, 3.05) is 6.61 Å². The van der Waals surface area contributed by atoms with Gasteiger partial charge in [0.2, 0.25) is 0 Å². The van der Waals surface area contributed by atoms with E-state index in [9.17, 15) is 33.9 Å². The van der Waals surface area contributed by atoms with Crippen molar-refractivity contribution in [3.05, 3.63) is 54.1 Å². The topological polar surface area (TPSA) is 178 Å². The van der Waals surface area contributed by atoms with E-state index in [0.29, 0.717) is 0 Å². The minimum Gasteiger partial charge on any atom is -0.462 e. The van der Waals surface area contributed by atoms with Crippen molar-refractivity contribution in [2.45, 2.75) is 103 Å². The lowest BCUT2D eigenvalue weighted by atomic mass is 9.44. The Balaban J connectivity index is 1.76. The molecular formula is C37H44O13. The molecule has 11 atom stereocenters. The van der Waals surface area contributed by atoms with Gasteiger partial charge < -0.3 is 33.5 Å². The fourth-order valence-corrected chi connectivity index (χ4v) is 8.98. The zero-order chi connectivity index (χ0) is 37.0. The molecule has 270 valence electrons. The van der Waals surface area contributed by atoms with Gasteiger partial charge in [0, 0.05) is 63.9 Å². The van der Waals surface area contributed by atoms with E-state index in [1.54, 1.807) is 44.2 Å². The summed E-state index contributed by atoms with van der Waals surface area (Å²) in [6.45, 7) is 13.3. The Morgan fingerprint density at radius 1 is 0.860 bits per heavy atom. The van der Waals surface area contributed by atoms with Gasteiger partial charge in [-0.1, -0.05) is 50.8 Å². The lowest BCUT2D eigenvalue weighted by Gasteiger charge is -2.64. The first kappa shape index (κ1) is 36.9. The third-order valence-electron chi connectivity index (χ3n) is 11.3. The normalized spacial score (nSPS) is 39.0. The van der Waals surface area contributed by atoms with E-state index in [-0.39, 0.29) is 25.0 Å². The molecule has 0 spiro atoms. The summed E-state index contributed by atoms with van der Waals surface area (Å²) in [5.41, 5.74) is -6.51. The molecule has 4 fully saturated rings. The zero-order valence-corrected chi connectivity index (χ0v) is 29.3. The maximum Gasteiger partial charge on any atom is 0.331 e. The first-order chi connectivity index (χ1) is 23.3. The van der Waals surface area contributed by atoms with E-state index in [1.165, 1.54) is 26.8 Å². The molecule has 5 rings (SSSR count). The molecule has 13 heteroatoms. The number of ether oxygens (including phenoxy) is 6. The van der Waals surface area contributed by atoms with Crippen molar-refractivity contribution in [1.29, 1.82) is 0 Å². The van der Waals surface area contributed by atoms with Crippen LogP contribution in [0.15, 0.2) is 48.6 Å². The molecule has 3 aliphatic carbocycles. The number of esters is 5. The first-order valence-electron chi connectivity index (χ1n) is 16.5. The Morgan fingerprint density at radius 3 is 2.02 bits per heavy atom. The maximum atomic E-state index is 14.1. The minimum atomic E-state index is -2.36. The molecule has 50 heavy (non-hydrogen) atoms. The van der Waals surface area contributed by atoms with Crippen molar-refractivity contribution in [2.24, 2.45) is 22.7 Å². The van der Waals surface area contributed by atoms with Gasteiger partial charge in [-0.3, -0.25) is 24.0 Å². The number of rotatable bonds is 7. The summed E-state index contributed by atoms with van der Waals surface area (Å²) in [4.78, 5) is 78.9. The van der Waals surface area contributed by atoms with Crippen LogP contribution in [0.1, 0.15) is 66.9 Å². The monoisotopic (exact) mass is 696 g/mol. The van der Waals surface area contributed by atoms with Gasteiger partial charge in [0.25, 0.3) is 0 Å². The summed E-state index contributed by atoms with van der Waals surface area (Å²) in [7, 11) is 0. The molecule has 4 aliphatic rings. The van der Waals surface area contributed by atoms with Crippen molar-refractivity contribution in [3.63, 3.8) is 0 Å². The number of aliphatic hydroxyl groups is 1. The van der Waals surface area contributed by atoms with Crippen LogP contribution in [0.25, 0.3) is 6.08 Å². The largest absolute Gasteiger partial charge is 0.462 e. The molecule has 1 heterocycles. The second kappa shape index (κ2) is 13.1. The molecule has 11 unspecified atom stereocenters. The predicted molar refractivity (Wildman–Crippen MR) is 173 cm³/mol. The number of benzene rings is 1.